The normalized spacial score (nSPS) is 11.8. The molecule has 0 saturated heterocycles. The molecule has 5 nitrogen and oxygen atoms in total. The van der Waals surface area contributed by atoms with Gasteiger partial charge in [-0.1, -0.05) is 54.6 Å². The van der Waals surface area contributed by atoms with Crippen molar-refractivity contribution < 1.29 is 0 Å². The highest BCUT2D eigenvalue weighted by Gasteiger charge is 2.27. The van der Waals surface area contributed by atoms with Crippen LogP contribution in [-0.2, 0) is 6.54 Å². The highest BCUT2D eigenvalue weighted by Crippen LogP contribution is 2.37. The third-order valence-corrected chi connectivity index (χ3v) is 6.91. The van der Waals surface area contributed by atoms with Crippen molar-refractivity contribution in [3.05, 3.63) is 137 Å². The third-order valence-electron chi connectivity index (χ3n) is 5.87. The Hall–Kier alpha value is -4.18. The lowest BCUT2D eigenvalue weighted by Crippen LogP contribution is -2.27. The molecular weight excluding hydrogens is 450 g/mol. The number of rotatable bonds is 8. The van der Waals surface area contributed by atoms with Crippen LogP contribution in [0.3, 0.4) is 0 Å². The number of nitrogens with one attached hydrogen (secondary N) is 1. The molecule has 6 heteroatoms. The SMILES string of the molecule is N#Cc1cccc(C(NCc2cnc(-c3ccccc3)s2)C(c2cccnc2)c2cccnc2)c1. The highest BCUT2D eigenvalue weighted by molar-refractivity contribution is 7.15. The van der Waals surface area contributed by atoms with Crippen LogP contribution in [0, 0.1) is 11.3 Å². The van der Waals surface area contributed by atoms with E-state index in [1.165, 1.54) is 0 Å². The maximum Gasteiger partial charge on any atom is 0.123 e. The van der Waals surface area contributed by atoms with Crippen molar-refractivity contribution >= 4 is 11.3 Å². The number of hydrogen-bond donors (Lipinski definition) is 1. The van der Waals surface area contributed by atoms with Gasteiger partial charge in [-0.25, -0.2) is 4.98 Å². The van der Waals surface area contributed by atoms with E-state index in [1.807, 2.05) is 67.1 Å². The highest BCUT2D eigenvalue weighted by atomic mass is 32.1. The molecule has 1 atom stereocenters. The van der Waals surface area contributed by atoms with Crippen molar-refractivity contribution in [1.29, 1.82) is 5.26 Å². The van der Waals surface area contributed by atoms with Gasteiger partial charge in [0.25, 0.3) is 0 Å². The number of aromatic nitrogens is 3. The van der Waals surface area contributed by atoms with Crippen molar-refractivity contribution in [2.75, 3.05) is 0 Å². The van der Waals surface area contributed by atoms with E-state index in [0.717, 1.165) is 32.1 Å². The summed E-state index contributed by atoms with van der Waals surface area (Å²) in [6.07, 6.45) is 9.31. The van der Waals surface area contributed by atoms with E-state index in [1.54, 1.807) is 23.7 Å². The van der Waals surface area contributed by atoms with Gasteiger partial charge in [-0.05, 0) is 41.0 Å². The van der Waals surface area contributed by atoms with Crippen LogP contribution in [0.2, 0.25) is 0 Å². The van der Waals surface area contributed by atoms with Crippen molar-refractivity contribution in [3.8, 4) is 16.6 Å². The van der Waals surface area contributed by atoms with Crippen LogP contribution in [0.1, 0.15) is 39.1 Å². The van der Waals surface area contributed by atoms with Crippen molar-refractivity contribution in [2.45, 2.75) is 18.5 Å². The van der Waals surface area contributed by atoms with E-state index < -0.39 is 0 Å². The van der Waals surface area contributed by atoms with E-state index in [0.29, 0.717) is 12.1 Å². The van der Waals surface area contributed by atoms with Crippen molar-refractivity contribution in [1.82, 2.24) is 20.3 Å². The van der Waals surface area contributed by atoms with Crippen LogP contribution < -0.4 is 5.32 Å². The average molecular weight is 474 g/mol. The monoisotopic (exact) mass is 473 g/mol. The maximum absolute atomic E-state index is 9.54. The second-order valence-corrected chi connectivity index (χ2v) is 9.26. The van der Waals surface area contributed by atoms with E-state index in [2.05, 4.69) is 56.7 Å². The summed E-state index contributed by atoms with van der Waals surface area (Å²) in [5.41, 5.74) is 4.94. The molecule has 170 valence electrons. The van der Waals surface area contributed by atoms with Gasteiger partial charge in [-0.3, -0.25) is 9.97 Å². The second kappa shape index (κ2) is 10.8. The van der Waals surface area contributed by atoms with Crippen LogP contribution in [0.25, 0.3) is 10.6 Å². The molecule has 0 bridgehead atoms. The molecule has 0 saturated carbocycles. The summed E-state index contributed by atoms with van der Waals surface area (Å²) in [7, 11) is 0. The van der Waals surface area contributed by atoms with Crippen LogP contribution in [0.4, 0.5) is 0 Å². The van der Waals surface area contributed by atoms with Gasteiger partial charge in [0.15, 0.2) is 0 Å². The minimum absolute atomic E-state index is 0.0483. The molecule has 5 aromatic rings. The first kappa shape index (κ1) is 22.6. The summed E-state index contributed by atoms with van der Waals surface area (Å²) >= 11 is 1.68. The first-order valence-electron chi connectivity index (χ1n) is 11.4. The number of pyridine rings is 2. The molecule has 1 unspecified atom stereocenters. The zero-order chi connectivity index (χ0) is 23.9. The fourth-order valence-electron chi connectivity index (χ4n) is 4.24. The van der Waals surface area contributed by atoms with Crippen LogP contribution >= 0.6 is 11.3 Å². The lowest BCUT2D eigenvalue weighted by molar-refractivity contribution is 0.484. The molecule has 3 aromatic heterocycles. The fourth-order valence-corrected chi connectivity index (χ4v) is 5.11. The zero-order valence-corrected chi connectivity index (χ0v) is 19.8. The minimum atomic E-state index is -0.112. The van der Waals surface area contributed by atoms with E-state index in [9.17, 15) is 5.26 Å². The Kier molecular flexibility index (Phi) is 7.00. The largest absolute Gasteiger partial charge is 0.304 e. The summed E-state index contributed by atoms with van der Waals surface area (Å²) in [6, 6.07) is 28.3. The Labute approximate surface area is 208 Å². The first-order chi connectivity index (χ1) is 17.3. The summed E-state index contributed by atoms with van der Waals surface area (Å²) < 4.78 is 0. The zero-order valence-electron chi connectivity index (χ0n) is 19.0. The smallest absolute Gasteiger partial charge is 0.123 e. The molecule has 2 aromatic carbocycles. The van der Waals surface area contributed by atoms with Gasteiger partial charge in [0.2, 0.25) is 0 Å². The minimum Gasteiger partial charge on any atom is -0.304 e. The molecule has 5 rings (SSSR count). The maximum atomic E-state index is 9.54. The van der Waals surface area contributed by atoms with Gasteiger partial charge in [0.1, 0.15) is 5.01 Å². The van der Waals surface area contributed by atoms with Gasteiger partial charge in [0, 0.05) is 59.9 Å². The number of thiazole rings is 1. The average Bonchev–Trinajstić information content (AvgIpc) is 3.41. The van der Waals surface area contributed by atoms with E-state index >= 15 is 0 Å². The molecule has 0 fully saturated rings. The standard InChI is InChI=1S/C29H23N5S/c30-16-21-7-4-10-23(15-21)28(27(24-11-5-13-31-17-24)25-12-6-14-32-18-25)33-19-26-20-34-29(35-26)22-8-2-1-3-9-22/h1-15,17-18,20,27-28,33H,19H2. The van der Waals surface area contributed by atoms with Crippen LogP contribution in [-0.4, -0.2) is 15.0 Å². The molecular formula is C29H23N5S. The summed E-state index contributed by atoms with van der Waals surface area (Å²) in [5, 5.41) is 14.3. The van der Waals surface area contributed by atoms with Crippen LogP contribution in [0.15, 0.2) is 110 Å². The quantitative estimate of drug-likeness (QED) is 0.293. The van der Waals surface area contributed by atoms with Gasteiger partial charge in [0.05, 0.1) is 11.6 Å². The Bertz CT molecular complexity index is 1370. The van der Waals surface area contributed by atoms with E-state index in [-0.39, 0.29) is 12.0 Å². The number of benzene rings is 2. The summed E-state index contributed by atoms with van der Waals surface area (Å²) in [6.45, 7) is 0.642. The topological polar surface area (TPSA) is 74.5 Å². The fraction of sp³-hybridized carbons (Fsp3) is 0.103. The molecule has 3 heterocycles. The van der Waals surface area contributed by atoms with Gasteiger partial charge < -0.3 is 5.32 Å². The van der Waals surface area contributed by atoms with Crippen LogP contribution in [0.5, 0.6) is 0 Å². The first-order valence-corrected chi connectivity index (χ1v) is 12.2. The van der Waals surface area contributed by atoms with Gasteiger partial charge >= 0.3 is 0 Å². The Balaban J connectivity index is 1.51. The molecule has 0 aliphatic heterocycles. The van der Waals surface area contributed by atoms with E-state index in [4.69, 9.17) is 0 Å². The van der Waals surface area contributed by atoms with Crippen molar-refractivity contribution in [2.24, 2.45) is 0 Å². The van der Waals surface area contributed by atoms with Gasteiger partial charge in [-0.15, -0.1) is 11.3 Å². The molecule has 0 aliphatic carbocycles. The second-order valence-electron chi connectivity index (χ2n) is 8.14. The third kappa shape index (κ3) is 5.33. The molecule has 0 radical (unpaired) electrons. The van der Waals surface area contributed by atoms with Crippen molar-refractivity contribution in [3.63, 3.8) is 0 Å². The Morgan fingerprint density at radius 2 is 1.51 bits per heavy atom. The number of nitrogens with zero attached hydrogens (tertiary/aromatic N) is 4. The lowest BCUT2D eigenvalue weighted by atomic mass is 9.82. The number of nitriles is 1. The molecule has 0 amide bonds. The van der Waals surface area contributed by atoms with Gasteiger partial charge in [-0.2, -0.15) is 5.26 Å². The Morgan fingerprint density at radius 3 is 2.17 bits per heavy atom. The Morgan fingerprint density at radius 1 is 0.800 bits per heavy atom. The number of hydrogen-bond acceptors (Lipinski definition) is 6. The molecule has 1 N–H and O–H groups in total. The predicted octanol–water partition coefficient (Wildman–Crippen LogP) is 6.13. The lowest BCUT2D eigenvalue weighted by Gasteiger charge is -2.29. The summed E-state index contributed by atoms with van der Waals surface area (Å²) in [4.78, 5) is 14.6. The molecule has 0 spiro atoms. The molecule has 35 heavy (non-hydrogen) atoms. The molecule has 0 aliphatic rings. The predicted molar refractivity (Wildman–Crippen MR) is 139 cm³/mol. The summed E-state index contributed by atoms with van der Waals surface area (Å²) in [5.74, 6) is -0.0483.